The molecule has 1 N–H and O–H groups in total. The Hall–Kier alpha value is -4.06. The van der Waals surface area contributed by atoms with Crippen LogP contribution in [0.5, 0.6) is 5.75 Å². The van der Waals surface area contributed by atoms with Crippen molar-refractivity contribution in [2.75, 3.05) is 29.5 Å². The minimum atomic E-state index is -0.730. The molecule has 0 aliphatic carbocycles. The minimum Gasteiger partial charge on any atom is -0.507 e. The molecule has 3 aliphatic heterocycles. The molecule has 6 nitrogen and oxygen atoms in total. The Bertz CT molecular complexity index is 1400. The van der Waals surface area contributed by atoms with E-state index < -0.39 is 17.7 Å². The number of hydrogen-bond acceptors (Lipinski definition) is 5. The second-order valence-electron chi connectivity index (χ2n) is 10.0. The zero-order valence-corrected chi connectivity index (χ0v) is 20.9. The van der Waals surface area contributed by atoms with E-state index in [0.29, 0.717) is 17.9 Å². The first kappa shape index (κ1) is 23.3. The van der Waals surface area contributed by atoms with E-state index in [4.69, 9.17) is 4.74 Å². The number of hydrogen-bond donors (Lipinski definition) is 1. The first-order valence-electron chi connectivity index (χ1n) is 13.0. The van der Waals surface area contributed by atoms with Gasteiger partial charge in [-0.05, 0) is 91.8 Å². The molecule has 0 bridgehead atoms. The van der Waals surface area contributed by atoms with Crippen LogP contribution in [-0.2, 0) is 16.0 Å². The van der Waals surface area contributed by atoms with E-state index in [9.17, 15) is 14.7 Å². The van der Waals surface area contributed by atoms with Crippen LogP contribution in [0, 0.1) is 6.92 Å². The second kappa shape index (κ2) is 9.43. The fourth-order valence-electron chi connectivity index (χ4n) is 5.75. The van der Waals surface area contributed by atoms with Crippen molar-refractivity contribution in [1.29, 1.82) is 0 Å². The van der Waals surface area contributed by atoms with Crippen LogP contribution in [0.25, 0.3) is 5.76 Å². The highest BCUT2D eigenvalue weighted by Crippen LogP contribution is 2.44. The van der Waals surface area contributed by atoms with Crippen molar-refractivity contribution >= 4 is 28.8 Å². The van der Waals surface area contributed by atoms with Crippen LogP contribution in [0.1, 0.15) is 47.6 Å². The predicted molar refractivity (Wildman–Crippen MR) is 144 cm³/mol. The molecule has 1 unspecified atom stereocenters. The number of benzene rings is 3. The van der Waals surface area contributed by atoms with Crippen molar-refractivity contribution < 1.29 is 19.4 Å². The smallest absolute Gasteiger partial charge is 0.300 e. The Morgan fingerprint density at radius 2 is 1.65 bits per heavy atom. The topological polar surface area (TPSA) is 70.1 Å². The number of anilines is 2. The summed E-state index contributed by atoms with van der Waals surface area (Å²) in [5.41, 5.74) is 5.13. The van der Waals surface area contributed by atoms with Crippen molar-refractivity contribution in [3.05, 3.63) is 94.6 Å². The maximum atomic E-state index is 13.5. The molecule has 0 radical (unpaired) electrons. The summed E-state index contributed by atoms with van der Waals surface area (Å²) in [6, 6.07) is 20.3. The van der Waals surface area contributed by atoms with E-state index >= 15 is 0 Å². The van der Waals surface area contributed by atoms with E-state index in [1.54, 1.807) is 6.07 Å². The number of rotatable bonds is 4. The van der Waals surface area contributed by atoms with Gasteiger partial charge in [-0.3, -0.25) is 14.5 Å². The SMILES string of the molecule is Cc1ccccc1C1/C(=C(\O)c2ccc3c(c2)CCCO3)C(=O)C(=O)N1c1ccc(N2CCCC2)cc1. The monoisotopic (exact) mass is 494 g/mol. The van der Waals surface area contributed by atoms with Gasteiger partial charge in [-0.1, -0.05) is 24.3 Å². The van der Waals surface area contributed by atoms with Crippen LogP contribution in [0.4, 0.5) is 11.4 Å². The van der Waals surface area contributed by atoms with Gasteiger partial charge in [-0.25, -0.2) is 0 Å². The summed E-state index contributed by atoms with van der Waals surface area (Å²) in [4.78, 5) is 30.9. The first-order valence-corrected chi connectivity index (χ1v) is 13.0. The molecule has 188 valence electrons. The van der Waals surface area contributed by atoms with Gasteiger partial charge in [0.1, 0.15) is 11.5 Å². The van der Waals surface area contributed by atoms with Crippen LogP contribution >= 0.6 is 0 Å². The summed E-state index contributed by atoms with van der Waals surface area (Å²) in [7, 11) is 0. The number of ether oxygens (including phenoxy) is 1. The summed E-state index contributed by atoms with van der Waals surface area (Å²) in [6.45, 7) is 4.69. The Kier molecular flexibility index (Phi) is 5.95. The van der Waals surface area contributed by atoms with Gasteiger partial charge in [-0.15, -0.1) is 0 Å². The third-order valence-electron chi connectivity index (χ3n) is 7.71. The van der Waals surface area contributed by atoms with Crippen LogP contribution in [0.2, 0.25) is 0 Å². The molecule has 3 aliphatic rings. The normalized spacial score (nSPS) is 20.7. The lowest BCUT2D eigenvalue weighted by atomic mass is 9.91. The number of amides is 1. The molecule has 0 saturated carbocycles. The van der Waals surface area contributed by atoms with E-state index in [1.165, 1.54) is 17.7 Å². The third kappa shape index (κ3) is 4.06. The lowest BCUT2D eigenvalue weighted by Gasteiger charge is -2.27. The van der Waals surface area contributed by atoms with Gasteiger partial charge < -0.3 is 14.7 Å². The van der Waals surface area contributed by atoms with Crippen LogP contribution in [0.15, 0.2) is 72.3 Å². The molecule has 6 heteroatoms. The number of aliphatic hydroxyl groups is 1. The van der Waals surface area contributed by atoms with E-state index in [1.807, 2.05) is 67.6 Å². The van der Waals surface area contributed by atoms with Crippen molar-refractivity contribution in [2.45, 2.75) is 38.6 Å². The Morgan fingerprint density at radius 1 is 0.919 bits per heavy atom. The summed E-state index contributed by atoms with van der Waals surface area (Å²) >= 11 is 0. The van der Waals surface area contributed by atoms with Crippen LogP contribution < -0.4 is 14.5 Å². The van der Waals surface area contributed by atoms with Crippen molar-refractivity contribution in [1.82, 2.24) is 0 Å². The highest BCUT2D eigenvalue weighted by Gasteiger charge is 2.47. The average molecular weight is 495 g/mol. The number of fused-ring (bicyclic) bond motifs is 1. The Balaban J connectivity index is 1.47. The molecule has 2 saturated heterocycles. The molecule has 0 aromatic heterocycles. The zero-order chi connectivity index (χ0) is 25.5. The molecule has 1 amide bonds. The summed E-state index contributed by atoms with van der Waals surface area (Å²) in [5.74, 6) is -0.665. The fourth-order valence-corrected chi connectivity index (χ4v) is 5.75. The van der Waals surface area contributed by atoms with Gasteiger partial charge in [-0.2, -0.15) is 0 Å². The maximum absolute atomic E-state index is 13.5. The number of carbonyl (C=O) groups excluding carboxylic acids is 2. The second-order valence-corrected chi connectivity index (χ2v) is 10.0. The van der Waals surface area contributed by atoms with Gasteiger partial charge in [0.2, 0.25) is 0 Å². The molecule has 3 aromatic carbocycles. The highest BCUT2D eigenvalue weighted by atomic mass is 16.5. The third-order valence-corrected chi connectivity index (χ3v) is 7.71. The molecule has 1 atom stereocenters. The highest BCUT2D eigenvalue weighted by molar-refractivity contribution is 6.51. The Morgan fingerprint density at radius 3 is 2.41 bits per heavy atom. The zero-order valence-electron chi connectivity index (χ0n) is 20.9. The number of nitrogens with zero attached hydrogens (tertiary/aromatic N) is 2. The molecule has 6 rings (SSSR count). The lowest BCUT2D eigenvalue weighted by molar-refractivity contribution is -0.132. The van der Waals surface area contributed by atoms with E-state index in [0.717, 1.165) is 54.1 Å². The van der Waals surface area contributed by atoms with Gasteiger partial charge in [0.15, 0.2) is 0 Å². The number of ketones is 1. The minimum absolute atomic E-state index is 0.111. The summed E-state index contributed by atoms with van der Waals surface area (Å²) in [6.07, 6.45) is 4.10. The summed E-state index contributed by atoms with van der Waals surface area (Å²) in [5, 5.41) is 11.5. The lowest BCUT2D eigenvalue weighted by Crippen LogP contribution is -2.29. The molecule has 0 spiro atoms. The van der Waals surface area contributed by atoms with Gasteiger partial charge in [0.25, 0.3) is 11.7 Å². The van der Waals surface area contributed by atoms with E-state index in [2.05, 4.69) is 4.90 Å². The van der Waals surface area contributed by atoms with Crippen molar-refractivity contribution in [3.8, 4) is 5.75 Å². The molecular formula is C31H30N2O4. The number of aryl methyl sites for hydroxylation is 2. The fraction of sp³-hybridized carbons (Fsp3) is 0.290. The van der Waals surface area contributed by atoms with Crippen molar-refractivity contribution in [3.63, 3.8) is 0 Å². The predicted octanol–water partition coefficient (Wildman–Crippen LogP) is 5.55. The maximum Gasteiger partial charge on any atom is 0.300 e. The Labute approximate surface area is 216 Å². The molecule has 3 heterocycles. The molecule has 3 aromatic rings. The number of Topliss-reactive ketones (excluding diaryl/α,β-unsaturated/α-hetero) is 1. The van der Waals surface area contributed by atoms with Crippen molar-refractivity contribution in [2.24, 2.45) is 0 Å². The first-order chi connectivity index (χ1) is 18.0. The number of aliphatic hydroxyl groups excluding tert-OH is 1. The standard InChI is InChI=1S/C31H30N2O4/c1-20-7-2-3-9-25(20)28-27(29(34)22-10-15-26-21(19-22)8-6-18-37-26)30(35)31(36)33(28)24-13-11-23(12-14-24)32-16-4-5-17-32/h2-3,7,9-15,19,28,34H,4-6,8,16-18H2,1H3/b29-27+. The average Bonchev–Trinajstić information content (AvgIpc) is 3.56. The largest absolute Gasteiger partial charge is 0.507 e. The molecule has 2 fully saturated rings. The van der Waals surface area contributed by atoms with Gasteiger partial charge in [0, 0.05) is 30.0 Å². The number of carbonyl (C=O) groups is 2. The van der Waals surface area contributed by atoms with Crippen LogP contribution in [-0.4, -0.2) is 36.5 Å². The van der Waals surface area contributed by atoms with Crippen LogP contribution in [0.3, 0.4) is 0 Å². The molecule has 37 heavy (non-hydrogen) atoms. The van der Waals surface area contributed by atoms with Gasteiger partial charge >= 0.3 is 0 Å². The molecular weight excluding hydrogens is 464 g/mol. The quantitative estimate of drug-likeness (QED) is 0.293. The van der Waals surface area contributed by atoms with E-state index in [-0.39, 0.29) is 11.3 Å². The van der Waals surface area contributed by atoms with Gasteiger partial charge in [0.05, 0.1) is 18.2 Å². The summed E-state index contributed by atoms with van der Waals surface area (Å²) < 4.78 is 5.72.